The number of hydrogen-bond donors (Lipinski definition) is 2. The van der Waals surface area contributed by atoms with Crippen LogP contribution in [-0.4, -0.2) is 27.8 Å². The van der Waals surface area contributed by atoms with Crippen molar-refractivity contribution in [2.24, 2.45) is 0 Å². The number of nitrogens with one attached hydrogen (secondary N) is 2. The minimum Gasteiger partial charge on any atom is -0.497 e. The Hall–Kier alpha value is -4.75. The number of fused-ring (bicyclic) bond motifs is 1. The van der Waals surface area contributed by atoms with Crippen LogP contribution in [0.1, 0.15) is 15.9 Å². The van der Waals surface area contributed by atoms with Gasteiger partial charge in [0.1, 0.15) is 5.75 Å². The number of hydrogen-bond acceptors (Lipinski definition) is 6. The summed E-state index contributed by atoms with van der Waals surface area (Å²) in [5.41, 5.74) is 3.69. The van der Waals surface area contributed by atoms with Crippen molar-refractivity contribution in [2.45, 2.75) is 0 Å². The summed E-state index contributed by atoms with van der Waals surface area (Å²) in [7, 11) is 1.58. The Kier molecular flexibility index (Phi) is 6.78. The summed E-state index contributed by atoms with van der Waals surface area (Å²) in [5, 5.41) is 4.62. The lowest BCUT2D eigenvalue weighted by Crippen LogP contribution is -2.09. The van der Waals surface area contributed by atoms with E-state index in [1.54, 1.807) is 55.8 Å². The minimum absolute atomic E-state index is 0.224. The third-order valence-electron chi connectivity index (χ3n) is 5.72. The van der Waals surface area contributed by atoms with Gasteiger partial charge in [0.25, 0.3) is 5.56 Å². The van der Waals surface area contributed by atoms with Gasteiger partial charge in [-0.15, -0.1) is 0 Å². The topological polar surface area (TPSA) is 97.0 Å². The predicted molar refractivity (Wildman–Crippen MR) is 147 cm³/mol. The van der Waals surface area contributed by atoms with Gasteiger partial charge < -0.3 is 15.0 Å². The number of benzene rings is 3. The zero-order valence-corrected chi connectivity index (χ0v) is 20.5. The third-order valence-corrected chi connectivity index (χ3v) is 5.97. The number of ether oxygens (including phenoxy) is 1. The number of methoxy groups -OCH3 is 1. The first-order valence-corrected chi connectivity index (χ1v) is 11.8. The van der Waals surface area contributed by atoms with Crippen LogP contribution >= 0.6 is 11.6 Å². The molecule has 0 fully saturated rings. The number of rotatable bonds is 7. The Balaban J connectivity index is 1.29. The second-order valence-corrected chi connectivity index (χ2v) is 8.62. The molecule has 2 N–H and O–H groups in total. The fourth-order valence-electron chi connectivity index (χ4n) is 3.76. The first-order valence-electron chi connectivity index (χ1n) is 11.4. The molecule has 3 aromatic carbocycles. The van der Waals surface area contributed by atoms with Crippen molar-refractivity contribution in [1.82, 2.24) is 15.0 Å². The van der Waals surface area contributed by atoms with Crippen LogP contribution in [0.5, 0.6) is 5.75 Å². The SMILES string of the molecule is COc1ccc2[nH]c(=O)c(/C=C/C(=O)c3ccc(Nc4nccc(-c5ccc(Cl)cc5)n4)cc3)cc2c1. The number of carbonyl (C=O) groups is 1. The molecule has 0 bridgehead atoms. The lowest BCUT2D eigenvalue weighted by atomic mass is 10.1. The van der Waals surface area contributed by atoms with Crippen molar-refractivity contribution in [3.8, 4) is 17.0 Å². The Morgan fingerprint density at radius 2 is 1.78 bits per heavy atom. The average molecular weight is 509 g/mol. The number of H-pyrrole nitrogens is 1. The van der Waals surface area contributed by atoms with Crippen molar-refractivity contribution in [1.29, 1.82) is 0 Å². The number of halogens is 1. The first-order chi connectivity index (χ1) is 18.0. The fourth-order valence-corrected chi connectivity index (χ4v) is 3.89. The average Bonchev–Trinajstić information content (AvgIpc) is 2.92. The van der Waals surface area contributed by atoms with E-state index in [1.807, 2.05) is 36.4 Å². The van der Waals surface area contributed by atoms with Crippen LogP contribution in [0.2, 0.25) is 5.02 Å². The number of aromatic nitrogens is 3. The van der Waals surface area contributed by atoms with Crippen molar-refractivity contribution in [2.75, 3.05) is 12.4 Å². The van der Waals surface area contributed by atoms with Crippen LogP contribution in [-0.2, 0) is 0 Å². The van der Waals surface area contributed by atoms with Gasteiger partial charge in [-0.2, -0.15) is 0 Å². The van der Waals surface area contributed by atoms with E-state index in [9.17, 15) is 9.59 Å². The normalized spacial score (nSPS) is 11.1. The molecule has 0 aliphatic carbocycles. The Morgan fingerprint density at radius 1 is 1.00 bits per heavy atom. The highest BCUT2D eigenvalue weighted by atomic mass is 35.5. The summed E-state index contributed by atoms with van der Waals surface area (Å²) in [5.74, 6) is 0.887. The number of nitrogens with zero attached hydrogens (tertiary/aromatic N) is 2. The highest BCUT2D eigenvalue weighted by Crippen LogP contribution is 2.22. The van der Waals surface area contributed by atoms with Crippen molar-refractivity contribution >= 4 is 46.0 Å². The van der Waals surface area contributed by atoms with E-state index < -0.39 is 0 Å². The van der Waals surface area contributed by atoms with Gasteiger partial charge in [0, 0.05) is 44.5 Å². The second kappa shape index (κ2) is 10.5. The predicted octanol–water partition coefficient (Wildman–Crippen LogP) is 6.29. The minimum atomic E-state index is -0.276. The Labute approximate surface area is 217 Å². The van der Waals surface area contributed by atoms with Gasteiger partial charge in [0.05, 0.1) is 12.8 Å². The molecule has 5 aromatic rings. The molecule has 0 unspecified atom stereocenters. The quantitative estimate of drug-likeness (QED) is 0.198. The molecule has 0 aliphatic heterocycles. The number of aromatic amines is 1. The highest BCUT2D eigenvalue weighted by molar-refractivity contribution is 6.30. The summed E-state index contributed by atoms with van der Waals surface area (Å²) in [6, 6.07) is 23.3. The van der Waals surface area contributed by atoms with Crippen molar-refractivity contribution < 1.29 is 9.53 Å². The molecule has 0 radical (unpaired) electrons. The van der Waals surface area contributed by atoms with Gasteiger partial charge in [-0.25, -0.2) is 9.97 Å². The maximum atomic E-state index is 12.7. The number of carbonyl (C=O) groups excluding carboxylic acids is 1. The smallest absolute Gasteiger partial charge is 0.255 e. The van der Waals surface area contributed by atoms with Crippen LogP contribution in [0.3, 0.4) is 0 Å². The van der Waals surface area contributed by atoms with Crippen LogP contribution in [0.15, 0.2) is 95.9 Å². The zero-order chi connectivity index (χ0) is 25.8. The molecule has 2 heterocycles. The van der Waals surface area contributed by atoms with E-state index in [0.717, 1.165) is 22.3 Å². The number of pyridine rings is 1. The molecule has 7 nitrogen and oxygen atoms in total. The summed E-state index contributed by atoms with van der Waals surface area (Å²) < 4.78 is 5.24. The third kappa shape index (κ3) is 5.58. The highest BCUT2D eigenvalue weighted by Gasteiger charge is 2.07. The maximum Gasteiger partial charge on any atom is 0.255 e. The second-order valence-electron chi connectivity index (χ2n) is 8.18. The lowest BCUT2D eigenvalue weighted by molar-refractivity contribution is 0.104. The van der Waals surface area contributed by atoms with Crippen LogP contribution in [0.25, 0.3) is 28.2 Å². The molecule has 8 heteroatoms. The molecule has 0 spiro atoms. The molecule has 5 rings (SSSR count). The summed E-state index contributed by atoms with van der Waals surface area (Å²) in [4.78, 5) is 36.8. The summed E-state index contributed by atoms with van der Waals surface area (Å²) >= 11 is 5.97. The molecule has 0 amide bonds. The summed E-state index contributed by atoms with van der Waals surface area (Å²) in [6.45, 7) is 0. The van der Waals surface area contributed by atoms with Gasteiger partial charge in [-0.1, -0.05) is 23.7 Å². The molecule has 37 heavy (non-hydrogen) atoms. The molecular formula is C29H21ClN4O3. The van der Waals surface area contributed by atoms with Gasteiger partial charge >= 0.3 is 0 Å². The molecule has 0 saturated heterocycles. The Morgan fingerprint density at radius 3 is 2.54 bits per heavy atom. The van der Waals surface area contributed by atoms with Gasteiger partial charge in [0.15, 0.2) is 5.78 Å². The van der Waals surface area contributed by atoms with Gasteiger partial charge in [-0.3, -0.25) is 9.59 Å². The number of allylic oxidation sites excluding steroid dienone is 1. The molecule has 0 saturated carbocycles. The molecule has 2 aromatic heterocycles. The largest absolute Gasteiger partial charge is 0.497 e. The van der Waals surface area contributed by atoms with Crippen molar-refractivity contribution in [3.05, 3.63) is 118 Å². The van der Waals surface area contributed by atoms with E-state index in [2.05, 4.69) is 20.3 Å². The van der Waals surface area contributed by atoms with Gasteiger partial charge in [-0.05, 0) is 78.9 Å². The monoisotopic (exact) mass is 508 g/mol. The molecular weight excluding hydrogens is 488 g/mol. The van der Waals surface area contributed by atoms with E-state index in [1.165, 1.54) is 12.2 Å². The van der Waals surface area contributed by atoms with E-state index in [0.29, 0.717) is 33.4 Å². The van der Waals surface area contributed by atoms with Crippen LogP contribution in [0, 0.1) is 0 Å². The van der Waals surface area contributed by atoms with E-state index in [4.69, 9.17) is 16.3 Å². The first kappa shape index (κ1) is 24.0. The maximum absolute atomic E-state index is 12.7. The molecule has 0 aliphatic rings. The van der Waals surface area contributed by atoms with Gasteiger partial charge in [0.2, 0.25) is 5.95 Å². The van der Waals surface area contributed by atoms with Crippen LogP contribution in [0.4, 0.5) is 11.6 Å². The molecule has 0 atom stereocenters. The Bertz CT molecular complexity index is 1680. The summed E-state index contributed by atoms with van der Waals surface area (Å²) in [6.07, 6.45) is 4.58. The lowest BCUT2D eigenvalue weighted by Gasteiger charge is -2.07. The van der Waals surface area contributed by atoms with E-state index in [-0.39, 0.29) is 11.3 Å². The standard InChI is InChI=1S/C29H21ClN4O3/c1-37-24-11-12-25-21(17-24)16-20(28(36)33-25)6-13-27(35)19-4-9-23(10-5-19)32-29-31-15-14-26(34-29)18-2-7-22(30)8-3-18/h2-17H,1H3,(H,33,36)(H,31,32,34)/b13-6+. The molecule has 182 valence electrons. The van der Waals surface area contributed by atoms with Crippen molar-refractivity contribution in [3.63, 3.8) is 0 Å². The fraction of sp³-hybridized carbons (Fsp3) is 0.0345. The van der Waals surface area contributed by atoms with E-state index >= 15 is 0 Å². The number of anilines is 2. The zero-order valence-electron chi connectivity index (χ0n) is 19.7. The van der Waals surface area contributed by atoms with Crippen LogP contribution < -0.4 is 15.6 Å². The number of ketones is 1.